The van der Waals surface area contributed by atoms with Crippen molar-refractivity contribution in [2.45, 2.75) is 10.6 Å². The molecular weight excluding hydrogens is 272 g/mol. The minimum Gasteiger partial charge on any atom is -0.398 e. The number of halogens is 2. The lowest BCUT2D eigenvalue weighted by Gasteiger charge is -2.07. The molecule has 6 heteroatoms. The molecule has 0 unspecified atom stereocenters. The second-order valence-corrected chi connectivity index (χ2v) is 6.05. The van der Waals surface area contributed by atoms with Gasteiger partial charge in [-0.2, -0.15) is 0 Å². The van der Waals surface area contributed by atoms with Gasteiger partial charge in [-0.3, -0.25) is 0 Å². The topological polar surface area (TPSA) is 60.2 Å². The summed E-state index contributed by atoms with van der Waals surface area (Å²) in [6.45, 7) is 0. The Morgan fingerprint density at radius 1 is 0.947 bits per heavy atom. The van der Waals surface area contributed by atoms with E-state index in [1.54, 1.807) is 0 Å². The van der Waals surface area contributed by atoms with E-state index in [0.29, 0.717) is 0 Å². The first-order chi connectivity index (χ1) is 8.88. The highest BCUT2D eigenvalue weighted by molar-refractivity contribution is 7.90. The van der Waals surface area contributed by atoms with Crippen LogP contribution >= 0.6 is 0 Å². The Morgan fingerprint density at radius 2 is 1.53 bits per heavy atom. The summed E-state index contributed by atoms with van der Waals surface area (Å²) in [4.78, 5) is -0.0300. The Kier molecular flexibility index (Phi) is 3.53. The van der Waals surface area contributed by atoms with Crippen LogP contribution < -0.4 is 5.73 Å². The molecule has 0 aliphatic heterocycles. The third-order valence-corrected chi connectivity index (χ3v) is 4.30. The zero-order chi connectivity index (χ0) is 14.0. The summed E-state index contributed by atoms with van der Waals surface area (Å²) in [7, 11) is -3.68. The lowest BCUT2D eigenvalue weighted by molar-refractivity contribution is 0.593. The van der Waals surface area contributed by atoms with E-state index in [9.17, 15) is 17.2 Å². The second kappa shape index (κ2) is 4.97. The lowest BCUT2D eigenvalue weighted by Crippen LogP contribution is -2.07. The van der Waals surface area contributed by atoms with Gasteiger partial charge in [0.15, 0.2) is 9.84 Å². The Morgan fingerprint density at radius 3 is 2.16 bits per heavy atom. The van der Waals surface area contributed by atoms with Gasteiger partial charge in [-0.25, -0.2) is 17.2 Å². The average molecular weight is 283 g/mol. The summed E-state index contributed by atoms with van der Waals surface area (Å²) < 4.78 is 50.0. The minimum atomic E-state index is -3.68. The molecule has 0 saturated carbocycles. The first-order valence-electron chi connectivity index (χ1n) is 5.41. The largest absolute Gasteiger partial charge is 0.398 e. The van der Waals surface area contributed by atoms with E-state index in [0.717, 1.165) is 24.3 Å². The summed E-state index contributed by atoms with van der Waals surface area (Å²) in [6, 6.07) is 7.99. The molecule has 0 atom stereocenters. The zero-order valence-corrected chi connectivity index (χ0v) is 10.6. The summed E-state index contributed by atoms with van der Waals surface area (Å²) in [5, 5.41) is 0. The van der Waals surface area contributed by atoms with Crippen molar-refractivity contribution in [1.29, 1.82) is 0 Å². The molecule has 3 nitrogen and oxygen atoms in total. The minimum absolute atomic E-state index is 0.0300. The van der Waals surface area contributed by atoms with Gasteiger partial charge in [-0.15, -0.1) is 0 Å². The van der Waals surface area contributed by atoms with E-state index in [-0.39, 0.29) is 16.1 Å². The van der Waals surface area contributed by atoms with Crippen LogP contribution in [0.3, 0.4) is 0 Å². The summed E-state index contributed by atoms with van der Waals surface area (Å²) in [5.74, 6) is -1.51. The summed E-state index contributed by atoms with van der Waals surface area (Å²) in [6.07, 6.45) is 0. The Balaban J connectivity index is 2.36. The molecule has 0 aliphatic rings. The average Bonchev–Trinajstić information content (AvgIpc) is 2.34. The van der Waals surface area contributed by atoms with Crippen LogP contribution in [-0.2, 0) is 15.6 Å². The molecule has 100 valence electrons. The molecule has 0 bridgehead atoms. The van der Waals surface area contributed by atoms with Gasteiger partial charge in [0.25, 0.3) is 0 Å². The number of hydrogen-bond acceptors (Lipinski definition) is 3. The van der Waals surface area contributed by atoms with Gasteiger partial charge < -0.3 is 5.73 Å². The van der Waals surface area contributed by atoms with E-state index >= 15 is 0 Å². The van der Waals surface area contributed by atoms with Gasteiger partial charge in [-0.05, 0) is 48.0 Å². The normalized spacial score (nSPS) is 11.5. The van der Waals surface area contributed by atoms with E-state index < -0.39 is 27.2 Å². The van der Waals surface area contributed by atoms with E-state index in [4.69, 9.17) is 5.73 Å². The molecule has 19 heavy (non-hydrogen) atoms. The van der Waals surface area contributed by atoms with Crippen molar-refractivity contribution < 1.29 is 17.2 Å². The number of rotatable bonds is 3. The maximum absolute atomic E-state index is 13.1. The van der Waals surface area contributed by atoms with Crippen molar-refractivity contribution in [2.24, 2.45) is 0 Å². The van der Waals surface area contributed by atoms with E-state index in [2.05, 4.69) is 0 Å². The fourth-order valence-electron chi connectivity index (χ4n) is 1.63. The fourth-order valence-corrected chi connectivity index (χ4v) is 3.01. The van der Waals surface area contributed by atoms with Crippen LogP contribution in [0.15, 0.2) is 47.4 Å². The maximum atomic E-state index is 13.1. The smallest absolute Gasteiger partial charge is 0.182 e. The number of nitrogen functional groups attached to an aromatic ring is 1. The molecule has 0 amide bonds. The van der Waals surface area contributed by atoms with Gasteiger partial charge >= 0.3 is 0 Å². The molecule has 0 heterocycles. The van der Waals surface area contributed by atoms with Crippen molar-refractivity contribution >= 4 is 15.5 Å². The van der Waals surface area contributed by atoms with Crippen LogP contribution in [0.2, 0.25) is 0 Å². The Hall–Kier alpha value is -1.95. The van der Waals surface area contributed by atoms with Crippen LogP contribution in [0.1, 0.15) is 5.56 Å². The molecule has 2 rings (SSSR count). The molecule has 0 fully saturated rings. The first-order valence-corrected chi connectivity index (χ1v) is 7.06. The Bertz CT molecular complexity index is 697. The van der Waals surface area contributed by atoms with Crippen LogP contribution in [0.5, 0.6) is 0 Å². The van der Waals surface area contributed by atoms with Crippen LogP contribution in [0.4, 0.5) is 14.5 Å². The number of sulfone groups is 1. The van der Waals surface area contributed by atoms with Crippen molar-refractivity contribution in [3.05, 3.63) is 59.7 Å². The van der Waals surface area contributed by atoms with Crippen LogP contribution in [0, 0.1) is 11.6 Å². The highest BCUT2D eigenvalue weighted by Crippen LogP contribution is 2.21. The summed E-state index contributed by atoms with van der Waals surface area (Å²) in [5.41, 5.74) is 5.99. The molecule has 0 spiro atoms. The molecular formula is C13H11F2NO2S. The monoisotopic (exact) mass is 283 g/mol. The molecule has 0 aliphatic carbocycles. The molecule has 0 radical (unpaired) electrons. The van der Waals surface area contributed by atoms with Crippen LogP contribution in [-0.4, -0.2) is 8.42 Å². The van der Waals surface area contributed by atoms with Gasteiger partial charge in [0.05, 0.1) is 10.6 Å². The fraction of sp³-hybridized carbons (Fsp3) is 0.0769. The number of anilines is 1. The van der Waals surface area contributed by atoms with Gasteiger partial charge in [0.1, 0.15) is 11.6 Å². The van der Waals surface area contributed by atoms with Crippen molar-refractivity contribution in [3.8, 4) is 0 Å². The number of hydrogen-bond donors (Lipinski definition) is 1. The quantitative estimate of drug-likeness (QED) is 0.695. The first kappa shape index (κ1) is 13.5. The molecule has 0 aromatic heterocycles. The maximum Gasteiger partial charge on any atom is 0.182 e. The van der Waals surface area contributed by atoms with Crippen molar-refractivity contribution in [2.75, 3.05) is 5.73 Å². The van der Waals surface area contributed by atoms with Crippen molar-refractivity contribution in [3.63, 3.8) is 0 Å². The van der Waals surface area contributed by atoms with Gasteiger partial charge in [0.2, 0.25) is 0 Å². The molecule has 2 N–H and O–H groups in total. The SMILES string of the molecule is Nc1ccc(F)cc1CS(=O)(=O)c1ccc(F)cc1. The van der Waals surface area contributed by atoms with Crippen LogP contribution in [0.25, 0.3) is 0 Å². The van der Waals surface area contributed by atoms with Gasteiger partial charge in [-0.1, -0.05) is 0 Å². The highest BCUT2D eigenvalue weighted by atomic mass is 32.2. The zero-order valence-electron chi connectivity index (χ0n) is 9.81. The summed E-state index contributed by atoms with van der Waals surface area (Å²) >= 11 is 0. The predicted molar refractivity (Wildman–Crippen MR) is 68.1 cm³/mol. The van der Waals surface area contributed by atoms with Crippen molar-refractivity contribution in [1.82, 2.24) is 0 Å². The second-order valence-electron chi connectivity index (χ2n) is 4.06. The molecule has 2 aromatic rings. The van der Waals surface area contributed by atoms with Gasteiger partial charge in [0, 0.05) is 5.69 Å². The number of benzene rings is 2. The standard InChI is InChI=1S/C13H11F2NO2S/c14-10-1-4-12(5-2-10)19(17,18)8-9-7-11(15)3-6-13(9)16/h1-7H,8,16H2. The molecule has 0 saturated heterocycles. The van der Waals surface area contributed by atoms with E-state index in [1.165, 1.54) is 18.2 Å². The third kappa shape index (κ3) is 3.08. The predicted octanol–water partition coefficient (Wildman–Crippen LogP) is 2.52. The lowest BCUT2D eigenvalue weighted by atomic mass is 10.2. The third-order valence-electron chi connectivity index (χ3n) is 2.62. The Labute approximate surface area is 109 Å². The number of nitrogens with two attached hydrogens (primary N) is 1. The molecule has 2 aromatic carbocycles. The highest BCUT2D eigenvalue weighted by Gasteiger charge is 2.17. The van der Waals surface area contributed by atoms with E-state index in [1.807, 2.05) is 0 Å².